The van der Waals surface area contributed by atoms with Gasteiger partial charge in [0.1, 0.15) is 5.82 Å². The molecule has 0 bridgehead atoms. The lowest BCUT2D eigenvalue weighted by atomic mass is 9.68. The van der Waals surface area contributed by atoms with Crippen LogP contribution in [0.3, 0.4) is 0 Å². The van der Waals surface area contributed by atoms with Crippen LogP contribution in [0, 0.1) is 35.2 Å². The predicted octanol–water partition coefficient (Wildman–Crippen LogP) is 10.8. The summed E-state index contributed by atoms with van der Waals surface area (Å²) in [4.78, 5) is 0. The molecule has 0 saturated heterocycles. The second-order valence-electron chi connectivity index (χ2n) is 11.5. The van der Waals surface area contributed by atoms with Gasteiger partial charge in [-0.25, -0.2) is 13.2 Å². The lowest BCUT2D eigenvalue weighted by Crippen LogP contribution is -2.25. The summed E-state index contributed by atoms with van der Waals surface area (Å²) >= 11 is 0. The smallest absolute Gasteiger partial charge is 0.166 e. The van der Waals surface area contributed by atoms with E-state index in [0.29, 0.717) is 34.9 Å². The molecule has 2 aliphatic rings. The zero-order valence-electron chi connectivity index (χ0n) is 22.9. The second kappa shape index (κ2) is 12.4. The fraction of sp³-hybridized carbons (Fsp3) is 0.389. The van der Waals surface area contributed by atoms with Crippen molar-refractivity contribution in [3.8, 4) is 22.3 Å². The molecule has 3 aromatic carbocycles. The van der Waals surface area contributed by atoms with Crippen molar-refractivity contribution in [1.29, 1.82) is 0 Å². The molecule has 0 unspecified atom stereocenters. The highest BCUT2D eigenvalue weighted by Gasteiger charge is 2.31. The first kappa shape index (κ1) is 27.5. The van der Waals surface area contributed by atoms with Gasteiger partial charge in [0.15, 0.2) is 11.6 Å². The summed E-state index contributed by atoms with van der Waals surface area (Å²) in [5.41, 5.74) is 3.47. The van der Waals surface area contributed by atoms with Crippen molar-refractivity contribution in [1.82, 2.24) is 0 Å². The van der Waals surface area contributed by atoms with Gasteiger partial charge in [-0.15, -0.1) is 6.58 Å². The van der Waals surface area contributed by atoms with E-state index in [9.17, 15) is 8.78 Å². The van der Waals surface area contributed by atoms with Crippen molar-refractivity contribution < 1.29 is 13.2 Å². The van der Waals surface area contributed by atoms with E-state index in [-0.39, 0.29) is 11.4 Å². The lowest BCUT2D eigenvalue weighted by molar-refractivity contribution is 0.171. The Balaban J connectivity index is 1.24. The zero-order chi connectivity index (χ0) is 27.4. The first-order valence-corrected chi connectivity index (χ1v) is 14.6. The van der Waals surface area contributed by atoms with Gasteiger partial charge < -0.3 is 0 Å². The standard InChI is InChI=1S/C36H39F3/c1-3-5-6-30-19-22-33(36(39)35(30)38)29-17-15-28(16-18-29)32-21-20-31(23-34(32)37)27-13-11-26(12-14-27)25-9-7-24(4-2)8-10-25/h3-5,15-27H,2,6-14H2,1H3/b5-3-. The van der Waals surface area contributed by atoms with E-state index >= 15 is 4.39 Å². The van der Waals surface area contributed by atoms with Gasteiger partial charge >= 0.3 is 0 Å². The molecule has 0 aliphatic heterocycles. The van der Waals surface area contributed by atoms with Crippen LogP contribution in [0.1, 0.15) is 75.3 Å². The summed E-state index contributed by atoms with van der Waals surface area (Å²) in [6.07, 6.45) is 16.1. The van der Waals surface area contributed by atoms with E-state index in [1.54, 1.807) is 48.5 Å². The Morgan fingerprint density at radius 2 is 1.31 bits per heavy atom. The first-order valence-electron chi connectivity index (χ1n) is 14.6. The summed E-state index contributed by atoms with van der Waals surface area (Å²) in [5, 5.41) is 0. The minimum Gasteiger partial charge on any atom is -0.206 e. The van der Waals surface area contributed by atoms with Crippen LogP contribution in [-0.4, -0.2) is 0 Å². The van der Waals surface area contributed by atoms with Gasteiger partial charge in [0.2, 0.25) is 0 Å². The molecule has 0 amide bonds. The van der Waals surface area contributed by atoms with Crippen LogP contribution < -0.4 is 0 Å². The minimum absolute atomic E-state index is 0.212. The van der Waals surface area contributed by atoms with E-state index in [0.717, 1.165) is 35.8 Å². The normalized spacial score (nSPS) is 23.7. The lowest BCUT2D eigenvalue weighted by Gasteiger charge is -2.37. The third-order valence-corrected chi connectivity index (χ3v) is 9.30. The van der Waals surface area contributed by atoms with Gasteiger partial charge in [-0.2, -0.15) is 0 Å². The van der Waals surface area contributed by atoms with Crippen LogP contribution in [0.5, 0.6) is 0 Å². The van der Waals surface area contributed by atoms with Crippen LogP contribution in [0.25, 0.3) is 22.3 Å². The van der Waals surface area contributed by atoms with Crippen LogP contribution in [0.15, 0.2) is 79.4 Å². The molecular formula is C36H39F3. The highest BCUT2D eigenvalue weighted by atomic mass is 19.2. The molecule has 0 atom stereocenters. The van der Waals surface area contributed by atoms with Crippen molar-refractivity contribution in [2.75, 3.05) is 0 Å². The Labute approximate surface area is 231 Å². The largest absolute Gasteiger partial charge is 0.206 e. The van der Waals surface area contributed by atoms with Crippen LogP contribution in [0.2, 0.25) is 0 Å². The van der Waals surface area contributed by atoms with E-state index < -0.39 is 11.6 Å². The Bertz CT molecular complexity index is 1300. The Kier molecular flexibility index (Phi) is 8.75. The fourth-order valence-electron chi connectivity index (χ4n) is 6.84. The first-order chi connectivity index (χ1) is 19.0. The van der Waals surface area contributed by atoms with E-state index in [1.165, 1.54) is 38.5 Å². The van der Waals surface area contributed by atoms with Gasteiger partial charge in [-0.1, -0.05) is 66.8 Å². The van der Waals surface area contributed by atoms with Crippen LogP contribution in [-0.2, 0) is 6.42 Å². The molecular weight excluding hydrogens is 489 g/mol. The molecule has 0 heterocycles. The summed E-state index contributed by atoms with van der Waals surface area (Å²) < 4.78 is 44.6. The monoisotopic (exact) mass is 528 g/mol. The van der Waals surface area contributed by atoms with Crippen LogP contribution in [0.4, 0.5) is 13.2 Å². The van der Waals surface area contributed by atoms with Crippen molar-refractivity contribution in [3.63, 3.8) is 0 Å². The molecule has 2 saturated carbocycles. The van der Waals surface area contributed by atoms with Gasteiger partial charge in [0, 0.05) is 11.1 Å². The van der Waals surface area contributed by atoms with Crippen molar-refractivity contribution in [3.05, 3.63) is 108 Å². The van der Waals surface area contributed by atoms with E-state index in [4.69, 9.17) is 0 Å². The highest BCUT2D eigenvalue weighted by Crippen LogP contribution is 2.44. The summed E-state index contributed by atoms with van der Waals surface area (Å²) in [6, 6.07) is 15.9. The van der Waals surface area contributed by atoms with E-state index in [2.05, 4.69) is 18.7 Å². The molecule has 204 valence electrons. The number of rotatable bonds is 7. The molecule has 39 heavy (non-hydrogen) atoms. The molecule has 3 heteroatoms. The third-order valence-electron chi connectivity index (χ3n) is 9.30. The van der Waals surface area contributed by atoms with Gasteiger partial charge in [-0.3, -0.25) is 0 Å². The average Bonchev–Trinajstić information content (AvgIpc) is 2.98. The van der Waals surface area contributed by atoms with Crippen molar-refractivity contribution in [2.45, 2.75) is 70.6 Å². The second-order valence-corrected chi connectivity index (χ2v) is 11.5. The van der Waals surface area contributed by atoms with Crippen molar-refractivity contribution >= 4 is 0 Å². The number of benzene rings is 3. The predicted molar refractivity (Wildman–Crippen MR) is 156 cm³/mol. The molecule has 5 rings (SSSR count). The number of hydrogen-bond acceptors (Lipinski definition) is 0. The highest BCUT2D eigenvalue weighted by molar-refractivity contribution is 5.71. The number of allylic oxidation sites excluding steroid dienone is 3. The Hall–Kier alpha value is -3.07. The zero-order valence-corrected chi connectivity index (χ0v) is 22.9. The molecule has 0 N–H and O–H groups in total. The maximum absolute atomic E-state index is 15.3. The molecule has 2 aliphatic carbocycles. The van der Waals surface area contributed by atoms with Gasteiger partial charge in [0.05, 0.1) is 0 Å². The minimum atomic E-state index is -0.848. The topological polar surface area (TPSA) is 0 Å². The summed E-state index contributed by atoms with van der Waals surface area (Å²) in [5.74, 6) is 0.910. The molecule has 0 radical (unpaired) electrons. The Morgan fingerprint density at radius 1 is 0.718 bits per heavy atom. The molecule has 2 fully saturated rings. The molecule has 0 spiro atoms. The summed E-state index contributed by atoms with van der Waals surface area (Å²) in [7, 11) is 0. The SMILES string of the molecule is C=CC1CCC(C2CCC(c3ccc(-c4ccc(-c5ccc(C/C=C\C)c(F)c5F)cc4)c(F)c3)CC2)CC1. The molecule has 0 aromatic heterocycles. The Morgan fingerprint density at radius 3 is 1.90 bits per heavy atom. The number of hydrogen-bond donors (Lipinski definition) is 0. The maximum atomic E-state index is 15.3. The molecule has 3 aromatic rings. The van der Waals surface area contributed by atoms with Gasteiger partial charge in [-0.05, 0) is 117 Å². The number of halogens is 3. The maximum Gasteiger partial charge on any atom is 0.166 e. The molecule has 0 nitrogen and oxygen atoms in total. The fourth-order valence-corrected chi connectivity index (χ4v) is 6.84. The van der Waals surface area contributed by atoms with E-state index in [1.807, 2.05) is 19.1 Å². The van der Waals surface area contributed by atoms with Crippen LogP contribution >= 0.6 is 0 Å². The quantitative estimate of drug-likeness (QED) is 0.268. The average molecular weight is 529 g/mol. The third kappa shape index (κ3) is 6.08. The summed E-state index contributed by atoms with van der Waals surface area (Å²) in [6.45, 7) is 5.82. The van der Waals surface area contributed by atoms with Crippen molar-refractivity contribution in [2.24, 2.45) is 17.8 Å². The van der Waals surface area contributed by atoms with Gasteiger partial charge in [0.25, 0.3) is 0 Å².